The van der Waals surface area contributed by atoms with E-state index in [0.717, 1.165) is 17.0 Å². The Morgan fingerprint density at radius 3 is 2.24 bits per heavy atom. The maximum Gasteiger partial charge on any atom is 0.159 e. The SMILES string of the molecule is CCOc1ccc(C=Nc2ccc(C(C)=O)cc2)cc1.F. The van der Waals surface area contributed by atoms with Gasteiger partial charge in [-0.15, -0.1) is 0 Å². The van der Waals surface area contributed by atoms with Crippen LogP contribution in [0, 0.1) is 0 Å². The van der Waals surface area contributed by atoms with Crippen LogP contribution in [0.4, 0.5) is 10.4 Å². The highest BCUT2D eigenvalue weighted by molar-refractivity contribution is 5.94. The number of nitrogens with zero attached hydrogens (tertiary/aromatic N) is 1. The molecular formula is C17H18FNO2. The van der Waals surface area contributed by atoms with E-state index in [1.807, 2.05) is 43.3 Å². The summed E-state index contributed by atoms with van der Waals surface area (Å²) in [5, 5.41) is 0. The number of hydrogen-bond donors (Lipinski definition) is 0. The van der Waals surface area contributed by atoms with Crippen LogP contribution >= 0.6 is 0 Å². The third-order valence-electron chi connectivity index (χ3n) is 2.83. The molecule has 0 saturated heterocycles. The van der Waals surface area contributed by atoms with Crippen molar-refractivity contribution >= 4 is 17.7 Å². The molecule has 2 aromatic rings. The van der Waals surface area contributed by atoms with Gasteiger partial charge in [-0.2, -0.15) is 0 Å². The molecule has 0 fully saturated rings. The van der Waals surface area contributed by atoms with E-state index in [0.29, 0.717) is 12.2 Å². The standard InChI is InChI=1S/C17H17NO2.FH/c1-3-20-17-10-4-14(5-11-17)12-18-16-8-6-15(7-9-16)13(2)19;/h4-12H,3H2,1-2H3;1H. The van der Waals surface area contributed by atoms with Crippen molar-refractivity contribution in [1.82, 2.24) is 0 Å². The summed E-state index contributed by atoms with van der Waals surface area (Å²) in [7, 11) is 0. The number of ketones is 1. The first-order chi connectivity index (χ1) is 9.69. The highest BCUT2D eigenvalue weighted by Crippen LogP contribution is 2.15. The van der Waals surface area contributed by atoms with Gasteiger partial charge in [0, 0.05) is 11.8 Å². The molecule has 0 radical (unpaired) electrons. The molecule has 0 aliphatic carbocycles. The van der Waals surface area contributed by atoms with Crippen LogP contribution in [-0.4, -0.2) is 18.6 Å². The second kappa shape index (κ2) is 7.94. The lowest BCUT2D eigenvalue weighted by atomic mass is 10.1. The van der Waals surface area contributed by atoms with Crippen LogP contribution in [0.3, 0.4) is 0 Å². The number of benzene rings is 2. The van der Waals surface area contributed by atoms with E-state index in [1.165, 1.54) is 0 Å². The molecule has 0 aliphatic heterocycles. The summed E-state index contributed by atoms with van der Waals surface area (Å²) in [6.45, 7) is 4.17. The normalized spacial score (nSPS) is 10.2. The first-order valence-electron chi connectivity index (χ1n) is 6.57. The van der Waals surface area contributed by atoms with Crippen molar-refractivity contribution in [2.75, 3.05) is 6.61 Å². The van der Waals surface area contributed by atoms with Gasteiger partial charge in [-0.25, -0.2) is 0 Å². The summed E-state index contributed by atoms with van der Waals surface area (Å²) in [5.74, 6) is 0.919. The molecule has 0 amide bonds. The molecule has 0 atom stereocenters. The van der Waals surface area contributed by atoms with E-state index in [-0.39, 0.29) is 10.5 Å². The number of ether oxygens (including phenoxy) is 1. The van der Waals surface area contributed by atoms with Crippen LogP contribution in [-0.2, 0) is 0 Å². The molecule has 0 heterocycles. The van der Waals surface area contributed by atoms with Gasteiger partial charge in [-0.05, 0) is 67.9 Å². The van der Waals surface area contributed by atoms with Gasteiger partial charge in [0.25, 0.3) is 0 Å². The van der Waals surface area contributed by atoms with E-state index >= 15 is 0 Å². The van der Waals surface area contributed by atoms with Crippen LogP contribution in [0.15, 0.2) is 53.5 Å². The molecule has 21 heavy (non-hydrogen) atoms. The highest BCUT2D eigenvalue weighted by Gasteiger charge is 1.97. The molecule has 0 N–H and O–H groups in total. The Hall–Kier alpha value is -2.49. The smallest absolute Gasteiger partial charge is 0.159 e. The molecule has 0 aliphatic rings. The second-order valence-corrected chi connectivity index (χ2v) is 4.36. The zero-order valence-electron chi connectivity index (χ0n) is 12.1. The Morgan fingerprint density at radius 1 is 1.10 bits per heavy atom. The lowest BCUT2D eigenvalue weighted by Crippen LogP contribution is -1.91. The number of hydrogen-bond acceptors (Lipinski definition) is 3. The molecule has 110 valence electrons. The number of halogens is 1. The Morgan fingerprint density at radius 2 is 1.71 bits per heavy atom. The zero-order chi connectivity index (χ0) is 14.4. The summed E-state index contributed by atoms with van der Waals surface area (Å²) in [6.07, 6.45) is 1.79. The third kappa shape index (κ3) is 4.84. The van der Waals surface area contributed by atoms with Crippen molar-refractivity contribution in [2.45, 2.75) is 13.8 Å². The molecule has 4 heteroatoms. The van der Waals surface area contributed by atoms with Gasteiger partial charge in [0.15, 0.2) is 5.78 Å². The van der Waals surface area contributed by atoms with Gasteiger partial charge in [0.1, 0.15) is 5.75 Å². The lowest BCUT2D eigenvalue weighted by Gasteiger charge is -2.02. The molecule has 0 bridgehead atoms. The fourth-order valence-electron chi connectivity index (χ4n) is 1.75. The number of Topliss-reactive ketones (excluding diaryl/α,β-unsaturated/α-hetero) is 1. The van der Waals surface area contributed by atoms with Crippen LogP contribution in [0.25, 0.3) is 0 Å². The molecule has 3 nitrogen and oxygen atoms in total. The molecule has 0 aromatic heterocycles. The van der Waals surface area contributed by atoms with E-state index < -0.39 is 0 Å². The number of carbonyl (C=O) groups is 1. The van der Waals surface area contributed by atoms with Crippen molar-refractivity contribution in [2.24, 2.45) is 4.99 Å². The predicted octanol–water partition coefficient (Wildman–Crippen LogP) is 4.19. The van der Waals surface area contributed by atoms with E-state index in [2.05, 4.69) is 4.99 Å². The molecular weight excluding hydrogens is 269 g/mol. The van der Waals surface area contributed by atoms with Crippen molar-refractivity contribution in [3.63, 3.8) is 0 Å². The van der Waals surface area contributed by atoms with Crippen molar-refractivity contribution < 1.29 is 14.2 Å². The number of carbonyl (C=O) groups excluding carboxylic acids is 1. The zero-order valence-corrected chi connectivity index (χ0v) is 12.1. The quantitative estimate of drug-likeness (QED) is 0.611. The van der Waals surface area contributed by atoms with Crippen LogP contribution in [0.2, 0.25) is 0 Å². The largest absolute Gasteiger partial charge is 0.494 e. The van der Waals surface area contributed by atoms with Crippen molar-refractivity contribution in [3.05, 3.63) is 59.7 Å². The molecule has 2 rings (SSSR count). The lowest BCUT2D eigenvalue weighted by molar-refractivity contribution is 0.101. The van der Waals surface area contributed by atoms with E-state index in [9.17, 15) is 4.79 Å². The fourth-order valence-corrected chi connectivity index (χ4v) is 1.75. The monoisotopic (exact) mass is 287 g/mol. The number of aliphatic imine (C=N–C) groups is 1. The maximum absolute atomic E-state index is 11.2. The van der Waals surface area contributed by atoms with Gasteiger partial charge >= 0.3 is 0 Å². The van der Waals surface area contributed by atoms with Gasteiger partial charge in [0.05, 0.1) is 12.3 Å². The maximum atomic E-state index is 11.2. The van der Waals surface area contributed by atoms with Gasteiger partial charge < -0.3 is 4.74 Å². The van der Waals surface area contributed by atoms with Crippen molar-refractivity contribution in [1.29, 1.82) is 0 Å². The molecule has 2 aromatic carbocycles. The average Bonchev–Trinajstić information content (AvgIpc) is 2.47. The van der Waals surface area contributed by atoms with Gasteiger partial charge in [-0.1, -0.05) is 0 Å². The Balaban J connectivity index is 0.00000220. The van der Waals surface area contributed by atoms with Gasteiger partial charge in [0.2, 0.25) is 0 Å². The second-order valence-electron chi connectivity index (χ2n) is 4.36. The summed E-state index contributed by atoms with van der Waals surface area (Å²) in [5.41, 5.74) is 2.53. The molecule has 0 saturated carbocycles. The minimum absolute atomic E-state index is 0. The average molecular weight is 287 g/mol. The summed E-state index contributed by atoms with van der Waals surface area (Å²) < 4.78 is 5.38. The molecule has 0 unspecified atom stereocenters. The Kier molecular flexibility index (Phi) is 6.27. The summed E-state index contributed by atoms with van der Waals surface area (Å²) in [4.78, 5) is 15.5. The Labute approximate surface area is 123 Å². The van der Waals surface area contributed by atoms with Crippen LogP contribution in [0.1, 0.15) is 29.8 Å². The fraction of sp³-hybridized carbons (Fsp3) is 0.176. The Bertz CT molecular complexity index is 604. The molecule has 0 spiro atoms. The third-order valence-corrected chi connectivity index (χ3v) is 2.83. The van der Waals surface area contributed by atoms with Crippen LogP contribution in [0.5, 0.6) is 5.75 Å². The topological polar surface area (TPSA) is 38.7 Å². The number of rotatable bonds is 5. The predicted molar refractivity (Wildman–Crippen MR) is 83.8 cm³/mol. The van der Waals surface area contributed by atoms with Crippen LogP contribution < -0.4 is 4.74 Å². The van der Waals surface area contributed by atoms with E-state index in [4.69, 9.17) is 4.74 Å². The van der Waals surface area contributed by atoms with Crippen molar-refractivity contribution in [3.8, 4) is 5.75 Å². The minimum atomic E-state index is 0. The summed E-state index contributed by atoms with van der Waals surface area (Å²) in [6, 6.07) is 15.0. The first-order valence-corrected chi connectivity index (χ1v) is 6.57. The van der Waals surface area contributed by atoms with Gasteiger partial charge in [-0.3, -0.25) is 14.5 Å². The minimum Gasteiger partial charge on any atom is -0.494 e. The summed E-state index contributed by atoms with van der Waals surface area (Å²) >= 11 is 0. The highest BCUT2D eigenvalue weighted by atomic mass is 19.0. The first kappa shape index (κ1) is 16.6. The van der Waals surface area contributed by atoms with E-state index in [1.54, 1.807) is 25.3 Å².